The van der Waals surface area contributed by atoms with Gasteiger partial charge < -0.3 is 15.2 Å². The normalized spacial score (nSPS) is 17.2. The van der Waals surface area contributed by atoms with Crippen LogP contribution in [0.3, 0.4) is 0 Å². The Balaban J connectivity index is 1.32. The zero-order chi connectivity index (χ0) is 18.5. The first kappa shape index (κ1) is 17.5. The summed E-state index contributed by atoms with van der Waals surface area (Å²) in [5.41, 5.74) is 2.28. The number of nitrogens with zero attached hydrogens (tertiary/aromatic N) is 4. The summed E-state index contributed by atoms with van der Waals surface area (Å²) < 4.78 is 1.97. The van der Waals surface area contributed by atoms with Crippen LogP contribution in [-0.4, -0.2) is 38.9 Å². The van der Waals surface area contributed by atoms with Crippen molar-refractivity contribution in [2.45, 2.75) is 32.0 Å². The van der Waals surface area contributed by atoms with Gasteiger partial charge in [-0.05, 0) is 18.4 Å². The smallest absolute Gasteiger partial charge is 0.290 e. The number of anilines is 1. The third-order valence-corrected chi connectivity index (χ3v) is 4.88. The van der Waals surface area contributed by atoms with Crippen molar-refractivity contribution in [1.29, 1.82) is 0 Å². The predicted octanol–water partition coefficient (Wildman–Crippen LogP) is 1.77. The highest BCUT2D eigenvalue weighted by Crippen LogP contribution is 2.15. The van der Waals surface area contributed by atoms with Crippen LogP contribution >= 0.6 is 0 Å². The number of rotatable bonds is 6. The predicted molar refractivity (Wildman–Crippen MR) is 105 cm³/mol. The lowest BCUT2D eigenvalue weighted by Gasteiger charge is -2.33. The molecule has 7 heteroatoms. The Bertz CT molecular complexity index is 919. The van der Waals surface area contributed by atoms with Gasteiger partial charge in [0.15, 0.2) is 5.82 Å². The molecule has 3 aromatic rings. The average molecular weight is 364 g/mol. The molecule has 1 aromatic carbocycles. The van der Waals surface area contributed by atoms with Crippen LogP contribution in [0.4, 0.5) is 5.82 Å². The maximum atomic E-state index is 12.0. The number of hydrogen-bond acceptors (Lipinski definition) is 5. The molecule has 2 N–H and O–H groups in total. The quantitative estimate of drug-likeness (QED) is 0.697. The molecule has 0 spiro atoms. The summed E-state index contributed by atoms with van der Waals surface area (Å²) in [6, 6.07) is 10.7. The second-order valence-electron chi connectivity index (χ2n) is 6.94. The van der Waals surface area contributed by atoms with Gasteiger partial charge in [-0.15, -0.1) is 0 Å². The summed E-state index contributed by atoms with van der Waals surface area (Å²) in [7, 11) is 0. The molecule has 0 bridgehead atoms. The zero-order valence-electron chi connectivity index (χ0n) is 15.2. The van der Waals surface area contributed by atoms with Crippen LogP contribution in [0.1, 0.15) is 24.0 Å². The second kappa shape index (κ2) is 8.18. The van der Waals surface area contributed by atoms with Gasteiger partial charge in [0, 0.05) is 49.8 Å². The third-order valence-electron chi connectivity index (χ3n) is 4.88. The molecule has 1 unspecified atom stereocenters. The van der Waals surface area contributed by atoms with E-state index in [9.17, 15) is 4.79 Å². The fourth-order valence-corrected chi connectivity index (χ4v) is 3.52. The lowest BCUT2D eigenvalue weighted by molar-refractivity contribution is 0.419. The van der Waals surface area contributed by atoms with Crippen molar-refractivity contribution in [3.05, 3.63) is 76.6 Å². The number of piperidine rings is 1. The van der Waals surface area contributed by atoms with Crippen LogP contribution in [-0.2, 0) is 13.1 Å². The standard InChI is InChI=1S/C20H24N6O/c27-20-19(21-8-9-22-20)25-10-4-7-18(15-25)23-11-17-12-24-26(14-17)13-16-5-2-1-3-6-16/h1-3,5-6,8-9,12,14,18,23H,4,7,10-11,13,15H2,(H,22,27). The van der Waals surface area contributed by atoms with Crippen molar-refractivity contribution in [3.63, 3.8) is 0 Å². The summed E-state index contributed by atoms with van der Waals surface area (Å²) in [4.78, 5) is 21.0. The summed E-state index contributed by atoms with van der Waals surface area (Å²) in [6.45, 7) is 3.21. The van der Waals surface area contributed by atoms with Gasteiger partial charge in [0.25, 0.3) is 5.56 Å². The Morgan fingerprint density at radius 1 is 1.22 bits per heavy atom. The van der Waals surface area contributed by atoms with Crippen molar-refractivity contribution >= 4 is 5.82 Å². The van der Waals surface area contributed by atoms with Crippen LogP contribution in [0.2, 0.25) is 0 Å². The highest BCUT2D eigenvalue weighted by molar-refractivity contribution is 5.36. The van der Waals surface area contributed by atoms with Crippen molar-refractivity contribution < 1.29 is 0 Å². The van der Waals surface area contributed by atoms with Gasteiger partial charge in [-0.25, -0.2) is 4.98 Å². The average Bonchev–Trinajstić information content (AvgIpc) is 3.15. The van der Waals surface area contributed by atoms with Crippen molar-refractivity contribution in [2.75, 3.05) is 18.0 Å². The minimum atomic E-state index is -0.125. The third kappa shape index (κ3) is 4.43. The van der Waals surface area contributed by atoms with Crippen LogP contribution in [0.5, 0.6) is 0 Å². The number of aromatic amines is 1. The molecule has 1 fully saturated rings. The molecule has 1 aliphatic heterocycles. The van der Waals surface area contributed by atoms with E-state index in [4.69, 9.17) is 0 Å². The van der Waals surface area contributed by atoms with Gasteiger partial charge in [-0.2, -0.15) is 5.10 Å². The van der Waals surface area contributed by atoms with E-state index in [1.54, 1.807) is 12.4 Å². The van der Waals surface area contributed by atoms with E-state index in [2.05, 4.69) is 43.6 Å². The van der Waals surface area contributed by atoms with Gasteiger partial charge >= 0.3 is 0 Å². The minimum absolute atomic E-state index is 0.125. The molecule has 0 radical (unpaired) electrons. The first-order chi connectivity index (χ1) is 13.3. The molecule has 0 saturated carbocycles. The number of benzene rings is 1. The van der Waals surface area contributed by atoms with E-state index in [1.165, 1.54) is 11.1 Å². The maximum Gasteiger partial charge on any atom is 0.290 e. The van der Waals surface area contributed by atoms with E-state index in [0.717, 1.165) is 39.0 Å². The fraction of sp³-hybridized carbons (Fsp3) is 0.350. The van der Waals surface area contributed by atoms with Gasteiger partial charge in [0.2, 0.25) is 0 Å². The van der Waals surface area contributed by atoms with E-state index in [1.807, 2.05) is 29.1 Å². The van der Waals surface area contributed by atoms with Gasteiger partial charge in [-0.3, -0.25) is 9.48 Å². The molecule has 1 aliphatic rings. The zero-order valence-corrected chi connectivity index (χ0v) is 15.2. The number of hydrogen-bond donors (Lipinski definition) is 2. The lowest BCUT2D eigenvalue weighted by atomic mass is 10.1. The molecule has 2 aromatic heterocycles. The Morgan fingerprint density at radius 2 is 2.11 bits per heavy atom. The van der Waals surface area contributed by atoms with Crippen molar-refractivity contribution in [2.24, 2.45) is 0 Å². The number of H-pyrrole nitrogens is 1. The van der Waals surface area contributed by atoms with E-state index < -0.39 is 0 Å². The van der Waals surface area contributed by atoms with Crippen molar-refractivity contribution in [3.8, 4) is 0 Å². The molecule has 0 amide bonds. The Labute approximate surface area is 158 Å². The van der Waals surface area contributed by atoms with Crippen LogP contribution in [0, 0.1) is 0 Å². The second-order valence-corrected chi connectivity index (χ2v) is 6.94. The minimum Gasteiger partial charge on any atom is -0.350 e. The Hall–Kier alpha value is -2.93. The molecule has 27 heavy (non-hydrogen) atoms. The van der Waals surface area contributed by atoms with Crippen molar-refractivity contribution in [1.82, 2.24) is 25.1 Å². The SMILES string of the molecule is O=c1[nH]ccnc1N1CCCC(NCc2cnn(Cc3ccccc3)c2)C1. The summed E-state index contributed by atoms with van der Waals surface area (Å²) >= 11 is 0. The maximum absolute atomic E-state index is 12.0. The Kier molecular flexibility index (Phi) is 5.29. The van der Waals surface area contributed by atoms with Gasteiger partial charge in [0.05, 0.1) is 12.7 Å². The van der Waals surface area contributed by atoms with Crippen LogP contribution < -0.4 is 15.8 Å². The van der Waals surface area contributed by atoms with Gasteiger partial charge in [0.1, 0.15) is 0 Å². The molecule has 7 nitrogen and oxygen atoms in total. The highest BCUT2D eigenvalue weighted by atomic mass is 16.1. The topological polar surface area (TPSA) is 78.8 Å². The molecule has 4 rings (SSSR count). The Morgan fingerprint density at radius 3 is 2.96 bits per heavy atom. The highest BCUT2D eigenvalue weighted by Gasteiger charge is 2.22. The van der Waals surface area contributed by atoms with E-state index in [0.29, 0.717) is 11.9 Å². The first-order valence-electron chi connectivity index (χ1n) is 9.35. The molecule has 140 valence electrons. The molecule has 1 saturated heterocycles. The summed E-state index contributed by atoms with van der Waals surface area (Å²) in [5.74, 6) is 0.514. The number of aromatic nitrogens is 4. The van der Waals surface area contributed by atoms with Gasteiger partial charge in [-0.1, -0.05) is 30.3 Å². The molecule has 1 atom stereocenters. The van der Waals surface area contributed by atoms with E-state index >= 15 is 0 Å². The fourth-order valence-electron chi connectivity index (χ4n) is 3.52. The lowest BCUT2D eigenvalue weighted by Crippen LogP contribution is -2.47. The molecule has 0 aliphatic carbocycles. The number of nitrogens with one attached hydrogen (secondary N) is 2. The summed E-state index contributed by atoms with van der Waals surface area (Å²) in [5, 5.41) is 8.06. The van der Waals surface area contributed by atoms with E-state index in [-0.39, 0.29) is 5.56 Å². The molecular formula is C20H24N6O. The largest absolute Gasteiger partial charge is 0.350 e. The first-order valence-corrected chi connectivity index (χ1v) is 9.35. The summed E-state index contributed by atoms with van der Waals surface area (Å²) in [6.07, 6.45) is 9.35. The molecular weight excluding hydrogens is 340 g/mol. The van der Waals surface area contributed by atoms with Crippen LogP contribution in [0.15, 0.2) is 59.9 Å². The van der Waals surface area contributed by atoms with Crippen LogP contribution in [0.25, 0.3) is 0 Å². The molecule has 3 heterocycles. The monoisotopic (exact) mass is 364 g/mol.